The van der Waals surface area contributed by atoms with Crippen molar-refractivity contribution in [2.45, 2.75) is 19.8 Å². The number of rotatable bonds is 7. The average molecular weight is 401 g/mol. The van der Waals surface area contributed by atoms with Crippen molar-refractivity contribution in [2.75, 3.05) is 14.2 Å². The highest BCUT2D eigenvalue weighted by atomic mass is 35.5. The molecule has 1 aromatic heterocycles. The molecule has 0 N–H and O–H groups in total. The Hall–Kier alpha value is -2.99. The summed E-state index contributed by atoms with van der Waals surface area (Å²) in [6, 6.07) is 13.8. The lowest BCUT2D eigenvalue weighted by molar-refractivity contribution is 0.0722. The maximum atomic E-state index is 12.8. The van der Waals surface area contributed by atoms with Crippen LogP contribution < -0.4 is 14.2 Å². The van der Waals surface area contributed by atoms with E-state index in [1.807, 2.05) is 12.1 Å². The van der Waals surface area contributed by atoms with Crippen LogP contribution in [0.5, 0.6) is 17.4 Å². The van der Waals surface area contributed by atoms with E-state index in [1.165, 1.54) is 14.2 Å². The summed E-state index contributed by atoms with van der Waals surface area (Å²) in [7, 11) is 3.05. The molecule has 28 heavy (non-hydrogen) atoms. The third-order valence-corrected chi connectivity index (χ3v) is 4.31. The van der Waals surface area contributed by atoms with Gasteiger partial charge in [0.1, 0.15) is 11.5 Å². The van der Waals surface area contributed by atoms with Gasteiger partial charge in [-0.2, -0.15) is 5.10 Å². The van der Waals surface area contributed by atoms with Gasteiger partial charge in [0.2, 0.25) is 5.88 Å². The second-order valence-electron chi connectivity index (χ2n) is 6.11. The predicted octanol–water partition coefficient (Wildman–Crippen LogP) is 4.71. The molecule has 0 saturated heterocycles. The first kappa shape index (κ1) is 19.8. The number of carbonyl (C=O) groups excluding carboxylic acids is 1. The number of aromatic nitrogens is 2. The van der Waals surface area contributed by atoms with Crippen LogP contribution in [0.2, 0.25) is 5.02 Å². The number of ether oxygens (including phenoxy) is 3. The van der Waals surface area contributed by atoms with Crippen LogP contribution in [-0.4, -0.2) is 30.0 Å². The lowest BCUT2D eigenvalue weighted by Gasteiger charge is -2.10. The van der Waals surface area contributed by atoms with E-state index in [2.05, 4.69) is 12.0 Å². The van der Waals surface area contributed by atoms with Gasteiger partial charge in [0.15, 0.2) is 0 Å². The van der Waals surface area contributed by atoms with Crippen LogP contribution in [0, 0.1) is 0 Å². The molecule has 0 aliphatic rings. The van der Waals surface area contributed by atoms with Crippen molar-refractivity contribution in [2.24, 2.45) is 0 Å². The van der Waals surface area contributed by atoms with Gasteiger partial charge in [0, 0.05) is 17.2 Å². The largest absolute Gasteiger partial charge is 0.497 e. The number of hydrogen-bond acceptors (Lipinski definition) is 5. The van der Waals surface area contributed by atoms with Gasteiger partial charge in [-0.3, -0.25) is 0 Å². The Balaban J connectivity index is 1.96. The summed E-state index contributed by atoms with van der Waals surface area (Å²) in [5, 5.41) is 5.13. The minimum absolute atomic E-state index is 0.312. The summed E-state index contributed by atoms with van der Waals surface area (Å²) < 4.78 is 17.7. The van der Waals surface area contributed by atoms with Crippen LogP contribution in [0.25, 0.3) is 5.69 Å². The van der Waals surface area contributed by atoms with Crippen molar-refractivity contribution in [3.63, 3.8) is 0 Å². The third-order valence-electron chi connectivity index (χ3n) is 4.07. The summed E-state index contributed by atoms with van der Waals surface area (Å²) in [6.07, 6.45) is 1.69. The standard InChI is InChI=1S/C21H21ClN2O4/c1-4-6-16-12-20(24(23-16)17-8-5-7-15(22)11-17)28-21(25)14-9-18(26-2)13-19(10-14)27-3/h5,7-13H,4,6H2,1-3H3. The molecule has 0 atom stereocenters. The summed E-state index contributed by atoms with van der Waals surface area (Å²) in [5.41, 5.74) is 1.85. The molecule has 1 heterocycles. The van der Waals surface area contributed by atoms with E-state index in [9.17, 15) is 4.79 Å². The number of carbonyl (C=O) groups is 1. The fourth-order valence-corrected chi connectivity index (χ4v) is 2.92. The molecular weight excluding hydrogens is 380 g/mol. The van der Waals surface area contributed by atoms with Gasteiger partial charge in [-0.25, -0.2) is 9.48 Å². The zero-order chi connectivity index (χ0) is 20.1. The fraction of sp³-hybridized carbons (Fsp3) is 0.238. The van der Waals surface area contributed by atoms with Crippen molar-refractivity contribution in [3.05, 3.63) is 64.8 Å². The Morgan fingerprint density at radius 3 is 2.39 bits per heavy atom. The quantitative estimate of drug-likeness (QED) is 0.537. The Morgan fingerprint density at radius 2 is 1.79 bits per heavy atom. The molecule has 0 aliphatic heterocycles. The first-order chi connectivity index (χ1) is 13.5. The lowest BCUT2D eigenvalue weighted by Crippen LogP contribution is -2.12. The number of aryl methyl sites for hydroxylation is 1. The third kappa shape index (κ3) is 4.46. The molecule has 3 rings (SSSR count). The molecule has 0 radical (unpaired) electrons. The summed E-state index contributed by atoms with van der Waals surface area (Å²) in [5.74, 6) is 0.781. The fourth-order valence-electron chi connectivity index (χ4n) is 2.73. The zero-order valence-electron chi connectivity index (χ0n) is 15.9. The molecule has 3 aromatic rings. The molecule has 0 spiro atoms. The Morgan fingerprint density at radius 1 is 1.07 bits per heavy atom. The van der Waals surface area contributed by atoms with Crippen LogP contribution in [0.3, 0.4) is 0 Å². The first-order valence-corrected chi connectivity index (χ1v) is 9.22. The van der Waals surface area contributed by atoms with E-state index in [1.54, 1.807) is 41.1 Å². The van der Waals surface area contributed by atoms with Crippen LogP contribution in [0.15, 0.2) is 48.5 Å². The normalized spacial score (nSPS) is 10.6. The average Bonchev–Trinajstić information content (AvgIpc) is 3.10. The molecule has 146 valence electrons. The minimum atomic E-state index is -0.538. The summed E-state index contributed by atoms with van der Waals surface area (Å²) >= 11 is 6.11. The maximum Gasteiger partial charge on any atom is 0.345 e. The van der Waals surface area contributed by atoms with E-state index < -0.39 is 5.97 Å². The van der Waals surface area contributed by atoms with E-state index in [4.69, 9.17) is 25.8 Å². The number of hydrogen-bond donors (Lipinski definition) is 0. The summed E-state index contributed by atoms with van der Waals surface area (Å²) in [6.45, 7) is 2.06. The molecule has 0 bridgehead atoms. The van der Waals surface area contributed by atoms with Gasteiger partial charge in [-0.15, -0.1) is 0 Å². The van der Waals surface area contributed by atoms with Crippen molar-refractivity contribution in [1.29, 1.82) is 0 Å². The van der Waals surface area contributed by atoms with E-state index in [-0.39, 0.29) is 0 Å². The van der Waals surface area contributed by atoms with Gasteiger partial charge >= 0.3 is 5.97 Å². The van der Waals surface area contributed by atoms with Gasteiger partial charge < -0.3 is 14.2 Å². The Bertz CT molecular complexity index is 962. The molecule has 7 heteroatoms. The van der Waals surface area contributed by atoms with E-state index in [0.717, 1.165) is 18.5 Å². The van der Waals surface area contributed by atoms with Crippen molar-refractivity contribution < 1.29 is 19.0 Å². The van der Waals surface area contributed by atoms with E-state index >= 15 is 0 Å². The van der Waals surface area contributed by atoms with Crippen LogP contribution in [-0.2, 0) is 6.42 Å². The molecule has 0 unspecified atom stereocenters. The Kier molecular flexibility index (Phi) is 6.21. The highest BCUT2D eigenvalue weighted by molar-refractivity contribution is 6.30. The molecule has 0 saturated carbocycles. The maximum absolute atomic E-state index is 12.8. The Labute approximate surface area is 168 Å². The molecule has 0 amide bonds. The smallest absolute Gasteiger partial charge is 0.345 e. The minimum Gasteiger partial charge on any atom is -0.497 e. The van der Waals surface area contributed by atoms with E-state index in [0.29, 0.717) is 33.7 Å². The predicted molar refractivity (Wildman–Crippen MR) is 107 cm³/mol. The monoisotopic (exact) mass is 400 g/mol. The van der Waals surface area contributed by atoms with Crippen LogP contribution in [0.4, 0.5) is 0 Å². The van der Waals surface area contributed by atoms with Gasteiger partial charge in [-0.1, -0.05) is 31.0 Å². The number of methoxy groups -OCH3 is 2. The zero-order valence-corrected chi connectivity index (χ0v) is 16.7. The second kappa shape index (κ2) is 8.80. The van der Waals surface area contributed by atoms with Crippen molar-refractivity contribution in [3.8, 4) is 23.1 Å². The second-order valence-corrected chi connectivity index (χ2v) is 6.54. The lowest BCUT2D eigenvalue weighted by atomic mass is 10.2. The topological polar surface area (TPSA) is 62.6 Å². The number of benzene rings is 2. The first-order valence-electron chi connectivity index (χ1n) is 8.84. The number of nitrogens with zero attached hydrogens (tertiary/aromatic N) is 2. The van der Waals surface area contributed by atoms with Gasteiger partial charge in [-0.05, 0) is 36.8 Å². The molecule has 0 fully saturated rings. The van der Waals surface area contributed by atoms with Crippen LogP contribution >= 0.6 is 11.6 Å². The number of esters is 1. The highest BCUT2D eigenvalue weighted by Gasteiger charge is 2.17. The molecule has 2 aromatic carbocycles. The summed E-state index contributed by atoms with van der Waals surface area (Å²) in [4.78, 5) is 12.8. The van der Waals surface area contributed by atoms with Gasteiger partial charge in [0.05, 0.1) is 31.2 Å². The highest BCUT2D eigenvalue weighted by Crippen LogP contribution is 2.26. The van der Waals surface area contributed by atoms with Crippen LogP contribution in [0.1, 0.15) is 29.4 Å². The van der Waals surface area contributed by atoms with Crippen molar-refractivity contribution >= 4 is 17.6 Å². The molecule has 0 aliphatic carbocycles. The molecule has 6 nitrogen and oxygen atoms in total. The molecular formula is C21H21ClN2O4. The number of halogens is 1. The SMILES string of the molecule is CCCc1cc(OC(=O)c2cc(OC)cc(OC)c2)n(-c2cccc(Cl)c2)n1. The van der Waals surface area contributed by atoms with Crippen molar-refractivity contribution in [1.82, 2.24) is 9.78 Å². The van der Waals surface area contributed by atoms with Gasteiger partial charge in [0.25, 0.3) is 0 Å².